The number of carbonyl (C=O) groups excluding carboxylic acids is 1. The number of aryl methyl sites for hydroxylation is 1. The van der Waals surface area contributed by atoms with E-state index in [4.69, 9.17) is 9.47 Å². The molecule has 27 heavy (non-hydrogen) atoms. The number of pyridine rings is 2. The van der Waals surface area contributed by atoms with Crippen LogP contribution in [-0.2, 0) is 17.8 Å². The second-order valence-electron chi connectivity index (χ2n) is 6.34. The normalized spacial score (nSPS) is 12.7. The highest BCUT2D eigenvalue weighted by Gasteiger charge is 2.14. The zero-order valence-electron chi connectivity index (χ0n) is 14.7. The lowest BCUT2D eigenvalue weighted by molar-refractivity contribution is -0.121. The number of benzene rings is 1. The molecule has 0 bridgehead atoms. The quantitative estimate of drug-likeness (QED) is 0.721. The van der Waals surface area contributed by atoms with E-state index < -0.39 is 0 Å². The van der Waals surface area contributed by atoms with E-state index in [-0.39, 0.29) is 17.9 Å². The van der Waals surface area contributed by atoms with Gasteiger partial charge in [-0.1, -0.05) is 0 Å². The average Bonchev–Trinajstić information content (AvgIpc) is 2.70. The van der Waals surface area contributed by atoms with Crippen molar-refractivity contribution in [3.63, 3.8) is 0 Å². The lowest BCUT2D eigenvalue weighted by atomic mass is 10.1. The second-order valence-corrected chi connectivity index (χ2v) is 6.34. The number of hydrogen-bond acceptors (Lipinski definition) is 5. The van der Waals surface area contributed by atoms with Crippen molar-refractivity contribution in [1.29, 1.82) is 0 Å². The second kappa shape index (κ2) is 7.49. The number of hydrogen-bond donors (Lipinski definition) is 2. The van der Waals surface area contributed by atoms with Gasteiger partial charge in [-0.2, -0.15) is 0 Å². The molecule has 3 heterocycles. The zero-order chi connectivity index (χ0) is 18.6. The third-order valence-corrected chi connectivity index (χ3v) is 4.44. The van der Waals surface area contributed by atoms with E-state index in [1.807, 2.05) is 24.3 Å². The predicted octanol–water partition coefficient (Wildman–Crippen LogP) is 1.94. The predicted molar refractivity (Wildman–Crippen MR) is 100.0 cm³/mol. The summed E-state index contributed by atoms with van der Waals surface area (Å²) in [4.78, 5) is 31.2. The minimum Gasteiger partial charge on any atom is -0.486 e. The first kappa shape index (κ1) is 17.1. The molecule has 0 fully saturated rings. The Kier molecular flexibility index (Phi) is 4.74. The molecule has 0 aliphatic carbocycles. The van der Waals surface area contributed by atoms with Gasteiger partial charge in [-0.3, -0.25) is 14.6 Å². The van der Waals surface area contributed by atoms with Crippen LogP contribution in [0.3, 0.4) is 0 Å². The van der Waals surface area contributed by atoms with Crippen LogP contribution in [0.2, 0.25) is 0 Å². The van der Waals surface area contributed by atoms with Crippen LogP contribution < -0.4 is 20.3 Å². The Balaban J connectivity index is 1.44. The van der Waals surface area contributed by atoms with Crippen molar-refractivity contribution in [2.24, 2.45) is 0 Å². The minimum atomic E-state index is -0.193. The summed E-state index contributed by atoms with van der Waals surface area (Å²) >= 11 is 0. The summed E-state index contributed by atoms with van der Waals surface area (Å²) in [6, 6.07) is 9.13. The van der Waals surface area contributed by atoms with E-state index in [0.717, 1.165) is 10.9 Å². The van der Waals surface area contributed by atoms with Gasteiger partial charge < -0.3 is 19.8 Å². The van der Waals surface area contributed by atoms with E-state index in [9.17, 15) is 9.59 Å². The molecule has 0 spiro atoms. The topological polar surface area (TPSA) is 93.3 Å². The minimum absolute atomic E-state index is 0.103. The molecule has 7 nitrogen and oxygen atoms in total. The number of nitrogens with one attached hydrogen (secondary N) is 2. The van der Waals surface area contributed by atoms with Gasteiger partial charge in [0.05, 0.1) is 5.52 Å². The molecule has 2 N–H and O–H groups in total. The Labute approximate surface area is 155 Å². The summed E-state index contributed by atoms with van der Waals surface area (Å²) in [5.74, 6) is 1.20. The van der Waals surface area contributed by atoms with Crippen LogP contribution in [-0.4, -0.2) is 29.1 Å². The summed E-state index contributed by atoms with van der Waals surface area (Å²) < 4.78 is 11.1. The molecular formula is C20H19N3O4. The number of amides is 1. The summed E-state index contributed by atoms with van der Waals surface area (Å²) in [5.41, 5.74) is 2.04. The largest absolute Gasteiger partial charge is 0.486 e. The van der Waals surface area contributed by atoms with E-state index >= 15 is 0 Å². The maximum absolute atomic E-state index is 12.3. The van der Waals surface area contributed by atoms with Crippen LogP contribution in [0.5, 0.6) is 11.5 Å². The van der Waals surface area contributed by atoms with Crippen molar-refractivity contribution in [1.82, 2.24) is 15.3 Å². The van der Waals surface area contributed by atoms with Gasteiger partial charge in [0.1, 0.15) is 13.2 Å². The van der Waals surface area contributed by atoms with Gasteiger partial charge in [0, 0.05) is 42.4 Å². The van der Waals surface area contributed by atoms with Gasteiger partial charge in [0.2, 0.25) is 5.91 Å². The van der Waals surface area contributed by atoms with E-state index in [1.54, 1.807) is 18.5 Å². The van der Waals surface area contributed by atoms with Crippen LogP contribution in [0.25, 0.3) is 10.9 Å². The van der Waals surface area contributed by atoms with Crippen molar-refractivity contribution < 1.29 is 14.3 Å². The van der Waals surface area contributed by atoms with Gasteiger partial charge in [-0.05, 0) is 36.2 Å². The number of nitrogens with zero attached hydrogens (tertiary/aromatic N) is 1. The van der Waals surface area contributed by atoms with Crippen LogP contribution >= 0.6 is 0 Å². The first-order valence-corrected chi connectivity index (χ1v) is 8.80. The highest BCUT2D eigenvalue weighted by molar-refractivity contribution is 5.83. The van der Waals surface area contributed by atoms with Crippen LogP contribution in [0.15, 0.2) is 47.5 Å². The molecule has 0 saturated carbocycles. The van der Waals surface area contributed by atoms with Gasteiger partial charge >= 0.3 is 0 Å². The van der Waals surface area contributed by atoms with Crippen molar-refractivity contribution in [3.8, 4) is 11.5 Å². The fourth-order valence-corrected chi connectivity index (χ4v) is 3.01. The number of ether oxygens (including phenoxy) is 2. The highest BCUT2D eigenvalue weighted by Crippen LogP contribution is 2.33. The van der Waals surface area contributed by atoms with Gasteiger partial charge in [-0.15, -0.1) is 0 Å². The zero-order valence-corrected chi connectivity index (χ0v) is 14.7. The molecule has 4 rings (SSSR count). The average molecular weight is 365 g/mol. The molecule has 2 aromatic heterocycles. The maximum Gasteiger partial charge on any atom is 0.251 e. The Morgan fingerprint density at radius 3 is 2.63 bits per heavy atom. The van der Waals surface area contributed by atoms with E-state index in [1.165, 1.54) is 0 Å². The molecule has 0 unspecified atom stereocenters. The third kappa shape index (κ3) is 3.92. The molecule has 138 valence electrons. The Bertz CT molecular complexity index is 1030. The SMILES string of the molecule is O=C(CCc1cc2cc3c(cc2[nH]c1=O)OCCO3)NCc1ccncc1. The standard InChI is InChI=1S/C20H19N3O4/c24-19(22-12-13-3-5-21-6-4-13)2-1-14-9-15-10-17-18(27-8-7-26-17)11-16(15)23-20(14)25/h3-6,9-11H,1-2,7-8,12H2,(H,22,24)(H,23,25). The third-order valence-electron chi connectivity index (χ3n) is 4.44. The van der Waals surface area contributed by atoms with Crippen LogP contribution in [0.1, 0.15) is 17.5 Å². The lowest BCUT2D eigenvalue weighted by Crippen LogP contribution is -2.24. The Hall–Kier alpha value is -3.35. The van der Waals surface area contributed by atoms with Crippen LogP contribution in [0.4, 0.5) is 0 Å². The van der Waals surface area contributed by atoms with Gasteiger partial charge in [0.15, 0.2) is 11.5 Å². The molecule has 0 radical (unpaired) electrons. The van der Waals surface area contributed by atoms with E-state index in [0.29, 0.717) is 48.8 Å². The fraction of sp³-hybridized carbons (Fsp3) is 0.250. The van der Waals surface area contributed by atoms with Crippen molar-refractivity contribution in [3.05, 3.63) is 64.2 Å². The molecule has 1 aromatic carbocycles. The summed E-state index contributed by atoms with van der Waals surface area (Å²) in [7, 11) is 0. The molecule has 1 amide bonds. The molecule has 0 atom stereocenters. The van der Waals surface area contributed by atoms with E-state index in [2.05, 4.69) is 15.3 Å². The van der Waals surface area contributed by atoms with Gasteiger partial charge in [-0.25, -0.2) is 0 Å². The monoisotopic (exact) mass is 365 g/mol. The van der Waals surface area contributed by atoms with Crippen molar-refractivity contribution in [2.45, 2.75) is 19.4 Å². The molecule has 3 aromatic rings. The maximum atomic E-state index is 12.3. The molecule has 0 saturated heterocycles. The highest BCUT2D eigenvalue weighted by atomic mass is 16.6. The number of aromatic amines is 1. The van der Waals surface area contributed by atoms with Crippen LogP contribution in [0, 0.1) is 0 Å². The first-order valence-electron chi connectivity index (χ1n) is 8.80. The lowest BCUT2D eigenvalue weighted by Gasteiger charge is -2.18. The Morgan fingerprint density at radius 1 is 1.11 bits per heavy atom. The number of aromatic nitrogens is 2. The fourth-order valence-electron chi connectivity index (χ4n) is 3.01. The molecule has 7 heteroatoms. The number of rotatable bonds is 5. The van der Waals surface area contributed by atoms with Crippen molar-refractivity contribution >= 4 is 16.8 Å². The molecule has 1 aliphatic heterocycles. The number of fused-ring (bicyclic) bond motifs is 2. The Morgan fingerprint density at radius 2 is 1.85 bits per heavy atom. The summed E-state index contributed by atoms with van der Waals surface area (Å²) in [6.07, 6.45) is 3.97. The van der Waals surface area contributed by atoms with Crippen molar-refractivity contribution in [2.75, 3.05) is 13.2 Å². The van der Waals surface area contributed by atoms with Gasteiger partial charge in [0.25, 0.3) is 5.56 Å². The number of carbonyl (C=O) groups is 1. The summed E-state index contributed by atoms with van der Waals surface area (Å²) in [5, 5.41) is 3.70. The first-order chi connectivity index (χ1) is 13.2. The number of H-pyrrole nitrogens is 1. The smallest absolute Gasteiger partial charge is 0.251 e. The molecular weight excluding hydrogens is 346 g/mol. The molecule has 1 aliphatic rings. The summed E-state index contributed by atoms with van der Waals surface area (Å²) in [6.45, 7) is 1.45.